The minimum absolute atomic E-state index is 0.0365. The van der Waals surface area contributed by atoms with Crippen LogP contribution in [0.1, 0.15) is 103 Å². The number of hydrogen-bond acceptors (Lipinski definition) is 17. The standard InChI is InChI=1S/C20H32N4O4S.C19H29BrN4O3S.C19H28ClFN4O3S.C19H29ClN4O3S/c1-22(17-9-13-24(14-10-17)29(3,26)27)20(25)21-16-7-11-23(12-8-16)18-5-4-6-19(15-18)28-2;1-22(17-9-13-24(14-10-17)28(2,26)27)19(25)21-16-7-11-23(12-8-16)18-5-3-15(20)4-6-18;1-23(15-7-11-25(12-8-15)29(2,27)28)19(26)22-14-5-9-24(10-6-14)16-3-4-18(21)17(20)13-16;1-22(17-9-13-24(14-10-17)28(2,26)27)19(25)21-16-7-11-23(12-8-16)18-5-3-15(20)4-6-18/h4-6,15-17H,7-14H2,1-3H3,(H,21,25);3-6,16-17H,7-14H2,1-2H3,(H,21,25);3-4,13-15H,5-12H2,1-2H3,(H,22,26);3-6,16-17H,7-14H2,1-2H3,(H,21,25). The second-order valence-corrected chi connectivity index (χ2v) is 40.8. The van der Waals surface area contributed by atoms with Crippen LogP contribution in [0.3, 0.4) is 0 Å². The summed E-state index contributed by atoms with van der Waals surface area (Å²) in [7, 11) is -3.74. The van der Waals surface area contributed by atoms with Crippen molar-refractivity contribution in [1.29, 1.82) is 0 Å². The van der Waals surface area contributed by atoms with E-state index in [0.717, 1.165) is 136 Å². The Morgan fingerprint density at radius 3 is 0.895 bits per heavy atom. The van der Waals surface area contributed by atoms with Crippen molar-refractivity contribution in [2.75, 3.05) is 185 Å². The molecule has 29 nitrogen and oxygen atoms in total. The fourth-order valence-electron chi connectivity index (χ4n) is 15.9. The van der Waals surface area contributed by atoms with E-state index in [1.807, 2.05) is 68.7 Å². The molecule has 636 valence electrons. The molecule has 0 bridgehead atoms. The van der Waals surface area contributed by atoms with Gasteiger partial charge in [0, 0.05) is 220 Å². The average Bonchev–Trinajstić information content (AvgIpc) is 0.834. The molecule has 8 fully saturated rings. The van der Waals surface area contributed by atoms with Crippen LogP contribution in [0.15, 0.2) is 95.5 Å². The molecule has 37 heteroatoms. The van der Waals surface area contributed by atoms with E-state index >= 15 is 0 Å². The number of methoxy groups -OCH3 is 1. The number of hydrogen-bond donors (Lipinski definition) is 4. The van der Waals surface area contributed by atoms with E-state index < -0.39 is 45.9 Å². The van der Waals surface area contributed by atoms with Crippen molar-refractivity contribution in [3.8, 4) is 5.75 Å². The lowest BCUT2D eigenvalue weighted by molar-refractivity contribution is 0.158. The molecule has 4 N–H and O–H groups in total. The summed E-state index contributed by atoms with van der Waals surface area (Å²) in [6, 6.07) is 29.5. The predicted octanol–water partition coefficient (Wildman–Crippen LogP) is 9.10. The Morgan fingerprint density at radius 1 is 0.377 bits per heavy atom. The third kappa shape index (κ3) is 27.1. The van der Waals surface area contributed by atoms with Crippen molar-refractivity contribution in [3.63, 3.8) is 0 Å². The van der Waals surface area contributed by atoms with Crippen LogP contribution in [0.4, 0.5) is 46.3 Å². The fraction of sp³-hybridized carbons (Fsp3) is 0.636. The molecule has 8 saturated heterocycles. The summed E-state index contributed by atoms with van der Waals surface area (Å²) >= 11 is 15.3. The van der Waals surface area contributed by atoms with Gasteiger partial charge in [-0.2, -0.15) is 0 Å². The number of amides is 8. The lowest BCUT2D eigenvalue weighted by atomic mass is 10.0. The lowest BCUT2D eigenvalue weighted by Gasteiger charge is -2.38. The first-order valence-corrected chi connectivity index (χ1v) is 48.4. The van der Waals surface area contributed by atoms with Gasteiger partial charge in [0.2, 0.25) is 40.1 Å². The monoisotopic (exact) mass is 1770 g/mol. The smallest absolute Gasteiger partial charge is 0.317 e. The summed E-state index contributed by atoms with van der Waals surface area (Å²) in [5.74, 6) is 0.421. The minimum Gasteiger partial charge on any atom is -0.497 e. The zero-order chi connectivity index (χ0) is 82.8. The number of piperidine rings is 8. The lowest BCUT2D eigenvalue weighted by Crippen LogP contribution is -2.53. The van der Waals surface area contributed by atoms with Crippen LogP contribution in [0.5, 0.6) is 5.75 Å². The Morgan fingerprint density at radius 2 is 0.632 bits per heavy atom. The average molecular weight is 1770 g/mol. The maximum atomic E-state index is 13.3. The molecule has 8 aliphatic heterocycles. The van der Waals surface area contributed by atoms with E-state index in [-0.39, 0.29) is 77.5 Å². The van der Waals surface area contributed by atoms with Gasteiger partial charge in [-0.25, -0.2) is 74.5 Å². The molecule has 4 aromatic carbocycles. The zero-order valence-corrected chi connectivity index (χ0v) is 73.6. The fourth-order valence-corrected chi connectivity index (χ4v) is 20.0. The number of nitrogens with zero attached hydrogens (tertiary/aromatic N) is 12. The minimum atomic E-state index is -3.17. The molecule has 0 aliphatic carbocycles. The number of carbonyl (C=O) groups excluding carboxylic acids is 4. The molecule has 114 heavy (non-hydrogen) atoms. The topological polar surface area (TPSA) is 301 Å². The highest BCUT2D eigenvalue weighted by molar-refractivity contribution is 9.10. The third-order valence-electron chi connectivity index (χ3n) is 23.4. The van der Waals surface area contributed by atoms with E-state index in [9.17, 15) is 57.2 Å². The van der Waals surface area contributed by atoms with Crippen LogP contribution in [0, 0.1) is 5.82 Å². The zero-order valence-electron chi connectivity index (χ0n) is 67.2. The number of ether oxygens (including phenoxy) is 1. The van der Waals surface area contributed by atoms with Crippen LogP contribution in [-0.4, -0.2) is 308 Å². The van der Waals surface area contributed by atoms with Gasteiger partial charge in [0.15, 0.2) is 0 Å². The summed E-state index contributed by atoms with van der Waals surface area (Å²) in [5.41, 5.74) is 4.39. The van der Waals surface area contributed by atoms with Crippen molar-refractivity contribution in [2.45, 2.75) is 151 Å². The van der Waals surface area contributed by atoms with Crippen molar-refractivity contribution in [2.24, 2.45) is 0 Å². The molecule has 4 aromatic rings. The molecule has 12 rings (SSSR count). The first-order valence-electron chi connectivity index (χ1n) is 39.4. The van der Waals surface area contributed by atoms with Gasteiger partial charge in [-0.1, -0.05) is 45.2 Å². The molecule has 8 heterocycles. The SMILES string of the molecule is CN(C(=O)NC1CCN(c2ccc(Br)cc2)CC1)C1CCN(S(C)(=O)=O)CC1.CN(C(=O)NC1CCN(c2ccc(Cl)cc2)CC1)C1CCN(S(C)(=O)=O)CC1.CN(C(=O)NC1CCN(c2ccc(F)c(Cl)c2)CC1)C1CCN(S(C)(=O)=O)CC1.COc1cccc(N2CCC(NC(=O)N(C)C3CCN(S(C)(=O)=O)CC3)CC2)c1. The highest BCUT2D eigenvalue weighted by Gasteiger charge is 2.36. The van der Waals surface area contributed by atoms with Crippen LogP contribution < -0.4 is 45.6 Å². The summed E-state index contributed by atoms with van der Waals surface area (Å²) in [6.45, 7) is 10.6. The Hall–Kier alpha value is -6.41. The van der Waals surface area contributed by atoms with Crippen molar-refractivity contribution < 1.29 is 62.0 Å². The maximum absolute atomic E-state index is 13.3. The van der Waals surface area contributed by atoms with E-state index in [1.54, 1.807) is 52.9 Å². The Kier molecular flexibility index (Phi) is 33.6. The van der Waals surface area contributed by atoms with Crippen molar-refractivity contribution >= 4 is 126 Å². The van der Waals surface area contributed by atoms with Crippen molar-refractivity contribution in [3.05, 3.63) is 111 Å². The van der Waals surface area contributed by atoms with E-state index in [4.69, 9.17) is 27.9 Å². The van der Waals surface area contributed by atoms with Crippen LogP contribution in [0.2, 0.25) is 10.0 Å². The second kappa shape index (κ2) is 41.8. The highest BCUT2D eigenvalue weighted by atomic mass is 79.9. The molecule has 0 atom stereocenters. The largest absolute Gasteiger partial charge is 0.497 e. The Balaban J connectivity index is 0.000000174. The van der Waals surface area contributed by atoms with E-state index in [0.29, 0.717) is 104 Å². The number of anilines is 4. The van der Waals surface area contributed by atoms with Gasteiger partial charge < -0.3 is 65.2 Å². The molecule has 0 aromatic heterocycles. The number of sulfonamides is 4. The summed E-state index contributed by atoms with van der Waals surface area (Å²) in [6.07, 6.45) is 17.3. The first-order chi connectivity index (χ1) is 53.9. The van der Waals surface area contributed by atoms with Gasteiger partial charge in [-0.15, -0.1) is 0 Å². The number of urea groups is 4. The number of carbonyl (C=O) groups is 4. The highest BCUT2D eigenvalue weighted by Crippen LogP contribution is 2.31. The van der Waals surface area contributed by atoms with Crippen molar-refractivity contribution in [1.82, 2.24) is 58.1 Å². The number of rotatable bonds is 17. The normalized spacial score (nSPS) is 20.0. The predicted molar refractivity (Wildman–Crippen MR) is 454 cm³/mol. The van der Waals surface area contributed by atoms with E-state index in [2.05, 4.69) is 75.0 Å². The molecule has 0 saturated carbocycles. The van der Waals surface area contributed by atoms with Gasteiger partial charge in [0.25, 0.3) is 0 Å². The molecule has 0 radical (unpaired) electrons. The number of benzene rings is 4. The number of nitrogens with one attached hydrogen (secondary N) is 4. The van der Waals surface area contributed by atoms with Gasteiger partial charge in [-0.05, 0) is 182 Å². The van der Waals surface area contributed by atoms with E-state index in [1.165, 1.54) is 54.0 Å². The summed E-state index contributed by atoms with van der Waals surface area (Å²) in [4.78, 5) is 66.6. The molecular formula is C77H118BrCl2FN16O13S4. The molecular weight excluding hydrogens is 1660 g/mol. The van der Waals surface area contributed by atoms with Gasteiger partial charge >= 0.3 is 24.1 Å². The first kappa shape index (κ1) is 91.5. The molecule has 0 unspecified atom stereocenters. The quantitative estimate of drug-likeness (QED) is 0.0766. The molecule has 8 amide bonds. The Labute approximate surface area is 694 Å². The number of halogens is 4. The van der Waals surface area contributed by atoms with Gasteiger partial charge in [0.05, 0.1) is 37.2 Å². The Bertz CT molecular complexity index is 4140. The third-order valence-corrected chi connectivity index (χ3v) is 29.7. The van der Waals surface area contributed by atoms with Crippen LogP contribution in [0.25, 0.3) is 0 Å². The van der Waals surface area contributed by atoms with Gasteiger partial charge in [0.1, 0.15) is 11.6 Å². The van der Waals surface area contributed by atoms with Crippen LogP contribution in [-0.2, 0) is 40.1 Å². The second-order valence-electron chi connectivity index (χ2n) is 31.1. The van der Waals surface area contributed by atoms with Crippen LogP contribution >= 0.6 is 39.1 Å². The van der Waals surface area contributed by atoms with Gasteiger partial charge in [-0.3, -0.25) is 0 Å². The maximum Gasteiger partial charge on any atom is 0.317 e. The summed E-state index contributed by atoms with van der Waals surface area (Å²) in [5, 5.41) is 13.4. The molecule has 8 aliphatic rings. The summed E-state index contributed by atoms with van der Waals surface area (Å²) < 4.78 is 119. The molecule has 0 spiro atoms.